The van der Waals surface area contributed by atoms with Gasteiger partial charge in [0.15, 0.2) is 0 Å². The van der Waals surface area contributed by atoms with Crippen LogP contribution < -0.4 is 4.74 Å². The van der Waals surface area contributed by atoms with Gasteiger partial charge in [-0.15, -0.1) is 0 Å². The van der Waals surface area contributed by atoms with Gasteiger partial charge in [0, 0.05) is 29.6 Å². The van der Waals surface area contributed by atoms with E-state index in [2.05, 4.69) is 9.97 Å². The summed E-state index contributed by atoms with van der Waals surface area (Å²) in [7, 11) is 1.48. The second-order valence-electron chi connectivity index (χ2n) is 3.09. The van der Waals surface area contributed by atoms with Crippen LogP contribution in [0.25, 0.3) is 11.1 Å². The molecule has 0 bridgehead atoms. The normalized spacial score (nSPS) is 10.2. The number of methoxy groups -OCH3 is 1. The summed E-state index contributed by atoms with van der Waals surface area (Å²) < 4.78 is 18.1. The van der Waals surface area contributed by atoms with E-state index in [1.54, 1.807) is 18.5 Å². The topological polar surface area (TPSA) is 35.0 Å². The number of hydrogen-bond acceptors (Lipinski definition) is 3. The van der Waals surface area contributed by atoms with E-state index in [0.29, 0.717) is 5.75 Å². The molecule has 5 heteroatoms. The highest BCUT2D eigenvalue weighted by Gasteiger charge is 2.07. The lowest BCUT2D eigenvalue weighted by atomic mass is 10.1. The Morgan fingerprint density at radius 3 is 2.56 bits per heavy atom. The molecule has 3 nitrogen and oxygen atoms in total. The predicted octanol–water partition coefficient (Wildman–Crippen LogP) is 2.94. The molecule has 82 valence electrons. The maximum Gasteiger partial charge on any atom is 0.222 e. The summed E-state index contributed by atoms with van der Waals surface area (Å²) in [5.41, 5.74) is 1.45. The number of rotatable bonds is 2. The number of hydrogen-bond donors (Lipinski definition) is 0. The van der Waals surface area contributed by atoms with Crippen LogP contribution in [0.4, 0.5) is 4.39 Å². The van der Waals surface area contributed by atoms with Gasteiger partial charge >= 0.3 is 0 Å². The van der Waals surface area contributed by atoms with Gasteiger partial charge in [-0.3, -0.25) is 0 Å². The minimum Gasteiger partial charge on any atom is -0.496 e. The van der Waals surface area contributed by atoms with Crippen LogP contribution in [0.5, 0.6) is 5.75 Å². The first-order valence-electron chi connectivity index (χ1n) is 4.52. The highest BCUT2D eigenvalue weighted by Crippen LogP contribution is 2.29. The molecule has 1 heterocycles. The highest BCUT2D eigenvalue weighted by molar-refractivity contribution is 6.28. The van der Waals surface area contributed by atoms with Crippen molar-refractivity contribution in [3.63, 3.8) is 0 Å². The lowest BCUT2D eigenvalue weighted by Gasteiger charge is -2.07. The Hall–Kier alpha value is -1.68. The van der Waals surface area contributed by atoms with Gasteiger partial charge in [-0.1, -0.05) is 0 Å². The van der Waals surface area contributed by atoms with Crippen LogP contribution in [-0.4, -0.2) is 17.1 Å². The van der Waals surface area contributed by atoms with E-state index >= 15 is 0 Å². The number of benzene rings is 1. The van der Waals surface area contributed by atoms with E-state index in [0.717, 1.165) is 11.1 Å². The van der Waals surface area contributed by atoms with Gasteiger partial charge in [0.05, 0.1) is 7.11 Å². The van der Waals surface area contributed by atoms with Crippen LogP contribution in [0.15, 0.2) is 30.6 Å². The fourth-order valence-electron chi connectivity index (χ4n) is 1.35. The van der Waals surface area contributed by atoms with Crippen LogP contribution >= 0.6 is 11.6 Å². The molecule has 16 heavy (non-hydrogen) atoms. The van der Waals surface area contributed by atoms with Crippen molar-refractivity contribution in [2.75, 3.05) is 7.11 Å². The zero-order valence-corrected chi connectivity index (χ0v) is 9.20. The van der Waals surface area contributed by atoms with E-state index in [4.69, 9.17) is 16.3 Å². The second kappa shape index (κ2) is 4.45. The number of halogens is 2. The Kier molecular flexibility index (Phi) is 3.01. The van der Waals surface area contributed by atoms with Crippen LogP contribution in [0.1, 0.15) is 0 Å². The molecule has 1 aromatic heterocycles. The zero-order chi connectivity index (χ0) is 11.5. The molecule has 0 saturated carbocycles. The van der Waals surface area contributed by atoms with E-state index < -0.39 is 0 Å². The summed E-state index contributed by atoms with van der Waals surface area (Å²) >= 11 is 5.58. The minimum atomic E-state index is -0.351. The van der Waals surface area contributed by atoms with Crippen molar-refractivity contribution in [3.05, 3.63) is 41.7 Å². The summed E-state index contributed by atoms with van der Waals surface area (Å²) in [6.45, 7) is 0. The Morgan fingerprint density at radius 1 is 1.25 bits per heavy atom. The number of nitrogens with zero attached hydrogens (tertiary/aromatic N) is 2. The fourth-order valence-corrected chi connectivity index (χ4v) is 1.45. The molecule has 0 aliphatic carbocycles. The van der Waals surface area contributed by atoms with Gasteiger partial charge < -0.3 is 4.74 Å². The molecule has 1 aromatic carbocycles. The molecular formula is C11H8ClFN2O. The molecule has 0 aliphatic rings. The van der Waals surface area contributed by atoms with Crippen LogP contribution in [-0.2, 0) is 0 Å². The summed E-state index contributed by atoms with van der Waals surface area (Å²) in [4.78, 5) is 7.72. The van der Waals surface area contributed by atoms with Crippen LogP contribution in [0.3, 0.4) is 0 Å². The molecule has 0 atom stereocenters. The number of aromatic nitrogens is 2. The molecule has 0 aliphatic heterocycles. The SMILES string of the molecule is COc1cc(F)ccc1-c1cnc(Cl)nc1. The molecule has 0 spiro atoms. The van der Waals surface area contributed by atoms with Crippen molar-refractivity contribution in [2.24, 2.45) is 0 Å². The summed E-state index contributed by atoms with van der Waals surface area (Å²) in [6.07, 6.45) is 3.12. The van der Waals surface area contributed by atoms with Gasteiger partial charge in [-0.25, -0.2) is 14.4 Å². The lowest BCUT2D eigenvalue weighted by molar-refractivity contribution is 0.413. The first kappa shape index (κ1) is 10.8. The molecule has 0 radical (unpaired) electrons. The van der Waals surface area contributed by atoms with Crippen molar-refractivity contribution in [1.82, 2.24) is 9.97 Å². The average Bonchev–Trinajstić information content (AvgIpc) is 2.30. The molecule has 0 N–H and O–H groups in total. The smallest absolute Gasteiger partial charge is 0.222 e. The third-order valence-corrected chi connectivity index (χ3v) is 2.29. The molecule has 0 fully saturated rings. The summed E-state index contributed by atoms with van der Waals surface area (Å²) in [6, 6.07) is 4.27. The Labute approximate surface area is 96.9 Å². The minimum absolute atomic E-state index is 0.171. The van der Waals surface area contributed by atoms with E-state index in [-0.39, 0.29) is 11.1 Å². The van der Waals surface area contributed by atoms with Crippen molar-refractivity contribution < 1.29 is 9.13 Å². The summed E-state index contributed by atoms with van der Waals surface area (Å²) in [5.74, 6) is 0.0846. The van der Waals surface area contributed by atoms with E-state index in [1.807, 2.05) is 0 Å². The Balaban J connectivity index is 2.51. The van der Waals surface area contributed by atoms with Crippen LogP contribution in [0.2, 0.25) is 5.28 Å². The second-order valence-corrected chi connectivity index (χ2v) is 3.42. The molecule has 2 aromatic rings. The molecule has 0 unspecified atom stereocenters. The first-order valence-corrected chi connectivity index (χ1v) is 4.90. The van der Waals surface area contributed by atoms with Gasteiger partial charge in [-0.2, -0.15) is 0 Å². The van der Waals surface area contributed by atoms with Crippen molar-refractivity contribution in [3.8, 4) is 16.9 Å². The average molecular weight is 239 g/mol. The Morgan fingerprint density at radius 2 is 1.94 bits per heavy atom. The van der Waals surface area contributed by atoms with E-state index in [9.17, 15) is 4.39 Å². The van der Waals surface area contributed by atoms with Crippen molar-refractivity contribution in [1.29, 1.82) is 0 Å². The molecular weight excluding hydrogens is 231 g/mol. The zero-order valence-electron chi connectivity index (χ0n) is 8.45. The first-order chi connectivity index (χ1) is 7.70. The summed E-state index contributed by atoms with van der Waals surface area (Å²) in [5, 5.41) is 0.171. The molecule has 0 saturated heterocycles. The maximum absolute atomic E-state index is 13.0. The highest BCUT2D eigenvalue weighted by atomic mass is 35.5. The van der Waals surface area contributed by atoms with Gasteiger partial charge in [-0.05, 0) is 23.7 Å². The van der Waals surface area contributed by atoms with E-state index in [1.165, 1.54) is 19.2 Å². The standard InChI is InChI=1S/C11H8ClFN2O/c1-16-10-4-8(13)2-3-9(10)7-5-14-11(12)15-6-7/h2-6H,1H3. The quantitative estimate of drug-likeness (QED) is 0.755. The number of ether oxygens (including phenoxy) is 1. The fraction of sp³-hybridized carbons (Fsp3) is 0.0909. The molecule has 0 amide bonds. The third-order valence-electron chi connectivity index (χ3n) is 2.09. The van der Waals surface area contributed by atoms with Crippen molar-refractivity contribution >= 4 is 11.6 Å². The Bertz CT molecular complexity index is 502. The monoisotopic (exact) mass is 238 g/mol. The molecule has 2 rings (SSSR count). The van der Waals surface area contributed by atoms with Crippen molar-refractivity contribution in [2.45, 2.75) is 0 Å². The van der Waals surface area contributed by atoms with Gasteiger partial charge in [0.1, 0.15) is 11.6 Å². The maximum atomic E-state index is 13.0. The predicted molar refractivity (Wildman–Crippen MR) is 59.0 cm³/mol. The van der Waals surface area contributed by atoms with Gasteiger partial charge in [0.25, 0.3) is 0 Å². The largest absolute Gasteiger partial charge is 0.496 e. The lowest BCUT2D eigenvalue weighted by Crippen LogP contribution is -1.91. The third kappa shape index (κ3) is 2.12. The van der Waals surface area contributed by atoms with Crippen LogP contribution in [0, 0.1) is 5.82 Å². The van der Waals surface area contributed by atoms with Gasteiger partial charge in [0.2, 0.25) is 5.28 Å².